The Balaban J connectivity index is 1.91. The van der Waals surface area contributed by atoms with E-state index in [2.05, 4.69) is 4.98 Å². The summed E-state index contributed by atoms with van der Waals surface area (Å²) in [5.74, 6) is 0.422. The zero-order chi connectivity index (χ0) is 17.2. The Hall–Kier alpha value is -2.18. The Bertz CT molecular complexity index is 874. The van der Waals surface area contributed by atoms with Gasteiger partial charge >= 0.3 is 0 Å². The predicted molar refractivity (Wildman–Crippen MR) is 92.1 cm³/mol. The number of aromatic nitrogens is 1. The molecular weight excluding hydrogens is 326 g/mol. The molecule has 2 aromatic rings. The van der Waals surface area contributed by atoms with Gasteiger partial charge in [-0.2, -0.15) is 8.42 Å². The summed E-state index contributed by atoms with van der Waals surface area (Å²) in [4.78, 5) is 4.52. The van der Waals surface area contributed by atoms with Crippen molar-refractivity contribution in [2.75, 3.05) is 6.26 Å². The van der Waals surface area contributed by atoms with Crippen LogP contribution in [0.25, 0.3) is 6.08 Å². The maximum atomic E-state index is 11.4. The lowest BCUT2D eigenvalue weighted by atomic mass is 10.0. The molecule has 0 bridgehead atoms. The summed E-state index contributed by atoms with van der Waals surface area (Å²) in [6.45, 7) is 2.22. The van der Waals surface area contributed by atoms with Crippen molar-refractivity contribution in [3.63, 3.8) is 0 Å². The molecule has 0 unspecified atom stereocenters. The van der Waals surface area contributed by atoms with Crippen LogP contribution < -0.4 is 4.74 Å². The highest BCUT2D eigenvalue weighted by atomic mass is 32.2. The molecule has 1 aliphatic carbocycles. The first-order valence-corrected chi connectivity index (χ1v) is 9.46. The van der Waals surface area contributed by atoms with Crippen LogP contribution in [0.3, 0.4) is 0 Å². The van der Waals surface area contributed by atoms with Crippen molar-refractivity contribution in [2.45, 2.75) is 26.6 Å². The minimum absolute atomic E-state index is 0.0804. The van der Waals surface area contributed by atoms with Gasteiger partial charge in [-0.25, -0.2) is 4.98 Å². The Morgan fingerprint density at radius 3 is 2.62 bits per heavy atom. The molecule has 0 fully saturated rings. The van der Waals surface area contributed by atoms with Crippen LogP contribution in [-0.4, -0.2) is 19.7 Å². The van der Waals surface area contributed by atoms with E-state index in [1.807, 2.05) is 49.4 Å². The molecular formula is C18H19NO4S. The van der Waals surface area contributed by atoms with Crippen LogP contribution in [0.15, 0.2) is 36.4 Å². The average molecular weight is 345 g/mol. The van der Waals surface area contributed by atoms with E-state index in [0.29, 0.717) is 18.1 Å². The van der Waals surface area contributed by atoms with Gasteiger partial charge in [0.2, 0.25) is 5.88 Å². The summed E-state index contributed by atoms with van der Waals surface area (Å²) in [5.41, 5.74) is 4.62. The second-order valence-corrected chi connectivity index (χ2v) is 7.36. The first-order chi connectivity index (χ1) is 11.4. The number of ether oxygens (including phenoxy) is 1. The SMILES string of the molecule is Cc1nc(OCc2ccccc2)c(COS(C)(=O)=O)c2c1CC=C2. The summed E-state index contributed by atoms with van der Waals surface area (Å²) in [6.07, 6.45) is 5.83. The smallest absolute Gasteiger partial charge is 0.264 e. The minimum Gasteiger partial charge on any atom is -0.473 e. The van der Waals surface area contributed by atoms with Crippen molar-refractivity contribution in [1.29, 1.82) is 0 Å². The van der Waals surface area contributed by atoms with E-state index in [1.165, 1.54) is 0 Å². The Morgan fingerprint density at radius 2 is 1.92 bits per heavy atom. The molecule has 0 amide bonds. The largest absolute Gasteiger partial charge is 0.473 e. The van der Waals surface area contributed by atoms with Gasteiger partial charge in [0.05, 0.1) is 12.9 Å². The number of hydrogen-bond donors (Lipinski definition) is 0. The quantitative estimate of drug-likeness (QED) is 0.753. The molecule has 1 heterocycles. The van der Waals surface area contributed by atoms with E-state index in [1.54, 1.807) is 0 Å². The van der Waals surface area contributed by atoms with Crippen molar-refractivity contribution in [3.8, 4) is 5.88 Å². The van der Waals surface area contributed by atoms with Gasteiger partial charge in [-0.1, -0.05) is 42.5 Å². The summed E-state index contributed by atoms with van der Waals surface area (Å²) in [6, 6.07) is 9.75. The van der Waals surface area contributed by atoms with Gasteiger partial charge in [0.25, 0.3) is 10.1 Å². The zero-order valence-corrected chi connectivity index (χ0v) is 14.5. The number of nitrogens with zero attached hydrogens (tertiary/aromatic N) is 1. The van der Waals surface area contributed by atoms with Gasteiger partial charge in [0.1, 0.15) is 6.61 Å². The fourth-order valence-corrected chi connectivity index (χ4v) is 3.02. The van der Waals surface area contributed by atoms with Crippen LogP contribution in [0.1, 0.15) is 27.9 Å². The fraction of sp³-hybridized carbons (Fsp3) is 0.278. The summed E-state index contributed by atoms with van der Waals surface area (Å²) in [7, 11) is -3.54. The van der Waals surface area contributed by atoms with Crippen LogP contribution in [0, 0.1) is 6.92 Å². The van der Waals surface area contributed by atoms with Crippen LogP contribution in [-0.2, 0) is 33.9 Å². The predicted octanol–water partition coefficient (Wildman–Crippen LogP) is 3.01. The monoisotopic (exact) mass is 345 g/mol. The van der Waals surface area contributed by atoms with Crippen molar-refractivity contribution in [3.05, 3.63) is 64.4 Å². The van der Waals surface area contributed by atoms with E-state index in [-0.39, 0.29) is 6.61 Å². The van der Waals surface area contributed by atoms with Crippen LogP contribution in [0.2, 0.25) is 0 Å². The van der Waals surface area contributed by atoms with Gasteiger partial charge in [-0.05, 0) is 30.0 Å². The fourth-order valence-electron chi connectivity index (χ4n) is 2.68. The van der Waals surface area contributed by atoms with Crippen molar-refractivity contribution in [2.24, 2.45) is 0 Å². The number of rotatable bonds is 6. The molecule has 0 aliphatic heterocycles. The molecule has 0 spiro atoms. The first kappa shape index (κ1) is 16.7. The second-order valence-electron chi connectivity index (χ2n) is 5.72. The Labute approximate surface area is 142 Å². The molecule has 5 nitrogen and oxygen atoms in total. The van der Waals surface area contributed by atoms with Crippen LogP contribution in [0.4, 0.5) is 0 Å². The number of fused-ring (bicyclic) bond motifs is 1. The van der Waals surface area contributed by atoms with Gasteiger partial charge in [-0.15, -0.1) is 0 Å². The Kier molecular flexibility index (Phi) is 4.69. The van der Waals surface area contributed by atoms with E-state index < -0.39 is 10.1 Å². The summed E-state index contributed by atoms with van der Waals surface area (Å²) in [5, 5.41) is 0. The van der Waals surface area contributed by atoms with E-state index in [4.69, 9.17) is 8.92 Å². The molecule has 0 saturated heterocycles. The van der Waals surface area contributed by atoms with Gasteiger partial charge in [-0.3, -0.25) is 4.18 Å². The molecule has 24 heavy (non-hydrogen) atoms. The molecule has 126 valence electrons. The van der Waals surface area contributed by atoms with Crippen molar-refractivity contribution in [1.82, 2.24) is 4.98 Å². The van der Waals surface area contributed by atoms with Crippen molar-refractivity contribution < 1.29 is 17.3 Å². The first-order valence-electron chi connectivity index (χ1n) is 7.64. The number of aryl methyl sites for hydroxylation is 1. The molecule has 0 saturated carbocycles. The molecule has 0 atom stereocenters. The van der Waals surface area contributed by atoms with Crippen LogP contribution >= 0.6 is 0 Å². The molecule has 1 aliphatic rings. The number of pyridine rings is 1. The highest BCUT2D eigenvalue weighted by Crippen LogP contribution is 2.32. The third-order valence-electron chi connectivity index (χ3n) is 3.86. The second kappa shape index (κ2) is 6.75. The molecule has 6 heteroatoms. The highest BCUT2D eigenvalue weighted by molar-refractivity contribution is 7.85. The maximum Gasteiger partial charge on any atom is 0.264 e. The van der Waals surface area contributed by atoms with Crippen molar-refractivity contribution >= 4 is 16.2 Å². The molecule has 3 rings (SSSR count). The molecule has 0 radical (unpaired) electrons. The van der Waals surface area contributed by atoms with E-state index in [0.717, 1.165) is 35.1 Å². The van der Waals surface area contributed by atoms with Crippen LogP contribution in [0.5, 0.6) is 5.88 Å². The normalized spacial score (nSPS) is 13.1. The topological polar surface area (TPSA) is 65.5 Å². The summed E-state index contributed by atoms with van der Waals surface area (Å²) < 4.78 is 33.6. The van der Waals surface area contributed by atoms with E-state index >= 15 is 0 Å². The zero-order valence-electron chi connectivity index (χ0n) is 13.7. The number of allylic oxidation sites excluding steroid dienone is 1. The highest BCUT2D eigenvalue weighted by Gasteiger charge is 2.21. The number of benzene rings is 1. The maximum absolute atomic E-state index is 11.4. The standard InChI is InChI=1S/C18H19NO4S/c1-13-15-9-6-10-16(15)17(12-23-24(2,20)21)18(19-13)22-11-14-7-4-3-5-8-14/h3-8,10H,9,11-12H2,1-2H3. The lowest BCUT2D eigenvalue weighted by molar-refractivity contribution is 0.268. The van der Waals surface area contributed by atoms with E-state index in [9.17, 15) is 8.42 Å². The lowest BCUT2D eigenvalue weighted by Crippen LogP contribution is -2.10. The molecule has 1 aromatic heterocycles. The number of hydrogen-bond acceptors (Lipinski definition) is 5. The average Bonchev–Trinajstić information content (AvgIpc) is 3.02. The third kappa shape index (κ3) is 3.83. The Morgan fingerprint density at radius 1 is 1.17 bits per heavy atom. The third-order valence-corrected chi connectivity index (χ3v) is 4.40. The molecule has 1 aromatic carbocycles. The minimum atomic E-state index is -3.54. The van der Waals surface area contributed by atoms with Gasteiger partial charge in [0, 0.05) is 11.3 Å². The van der Waals surface area contributed by atoms with Gasteiger partial charge < -0.3 is 4.74 Å². The lowest BCUT2D eigenvalue weighted by Gasteiger charge is -2.16. The summed E-state index contributed by atoms with van der Waals surface area (Å²) >= 11 is 0. The van der Waals surface area contributed by atoms with Gasteiger partial charge in [0.15, 0.2) is 0 Å². The molecule has 0 N–H and O–H groups in total.